The highest BCUT2D eigenvalue weighted by atomic mass is 32.1. The first-order chi connectivity index (χ1) is 6.20. The van der Waals surface area contributed by atoms with Crippen LogP contribution in [0.2, 0.25) is 0 Å². The van der Waals surface area contributed by atoms with E-state index in [0.29, 0.717) is 9.79 Å². The van der Waals surface area contributed by atoms with Gasteiger partial charge in [-0.15, -0.1) is 25.3 Å². The van der Waals surface area contributed by atoms with Gasteiger partial charge in [-0.25, -0.2) is 0 Å². The Kier molecular flexibility index (Phi) is 2.14. The summed E-state index contributed by atoms with van der Waals surface area (Å²) in [5.74, 6) is 0.200. The van der Waals surface area contributed by atoms with E-state index in [2.05, 4.69) is 25.3 Å². The zero-order valence-electron chi connectivity index (χ0n) is 6.73. The van der Waals surface area contributed by atoms with Crippen LogP contribution < -0.4 is 0 Å². The van der Waals surface area contributed by atoms with Gasteiger partial charge in [-0.05, 0) is 11.5 Å². The van der Waals surface area contributed by atoms with Gasteiger partial charge >= 0.3 is 0 Å². The van der Waals surface area contributed by atoms with Gasteiger partial charge < -0.3 is 5.11 Å². The molecule has 0 spiro atoms. The lowest BCUT2D eigenvalue weighted by Gasteiger charge is -2.05. The highest BCUT2D eigenvalue weighted by molar-refractivity contribution is 7.83. The van der Waals surface area contributed by atoms with Crippen LogP contribution >= 0.6 is 25.3 Å². The van der Waals surface area contributed by atoms with Crippen LogP contribution in [0.1, 0.15) is 0 Å². The lowest BCUT2D eigenvalue weighted by molar-refractivity contribution is 0.466. The fourth-order valence-corrected chi connectivity index (χ4v) is 1.73. The maximum atomic E-state index is 9.71. The van der Waals surface area contributed by atoms with Gasteiger partial charge in [-0.2, -0.15) is 0 Å². The van der Waals surface area contributed by atoms with Crippen molar-refractivity contribution >= 4 is 36.0 Å². The predicted octanol–water partition coefficient (Wildman–Crippen LogP) is 3.12. The van der Waals surface area contributed by atoms with Crippen molar-refractivity contribution in [3.05, 3.63) is 30.3 Å². The molecule has 0 bridgehead atoms. The average molecular weight is 208 g/mol. The number of phenols is 1. The van der Waals surface area contributed by atoms with Crippen LogP contribution in [-0.4, -0.2) is 5.11 Å². The normalized spacial score (nSPS) is 10.6. The molecule has 2 rings (SSSR count). The molecule has 0 saturated heterocycles. The molecule has 0 heterocycles. The SMILES string of the molecule is Oc1c(S)c(S)cc2ccccc12. The van der Waals surface area contributed by atoms with E-state index in [0.717, 1.165) is 10.8 Å². The molecule has 13 heavy (non-hydrogen) atoms. The van der Waals surface area contributed by atoms with E-state index >= 15 is 0 Å². The molecule has 0 aliphatic rings. The molecule has 0 amide bonds. The summed E-state index contributed by atoms with van der Waals surface area (Å²) in [5.41, 5.74) is 0. The van der Waals surface area contributed by atoms with E-state index in [1.165, 1.54) is 0 Å². The first kappa shape index (κ1) is 8.78. The Balaban J connectivity index is 2.94. The Hall–Kier alpha value is -0.800. The number of aromatic hydroxyl groups is 1. The van der Waals surface area contributed by atoms with Gasteiger partial charge in [-0.1, -0.05) is 24.3 Å². The number of thiol groups is 2. The standard InChI is InChI=1S/C10H8OS2/c11-9-7-4-2-1-3-6(7)5-8(12)10(9)13/h1-5,11-13H. The molecule has 0 saturated carbocycles. The lowest BCUT2D eigenvalue weighted by Crippen LogP contribution is -1.78. The Bertz CT molecular complexity index is 466. The van der Waals surface area contributed by atoms with Crippen LogP contribution in [-0.2, 0) is 0 Å². The summed E-state index contributed by atoms with van der Waals surface area (Å²) < 4.78 is 0. The summed E-state index contributed by atoms with van der Waals surface area (Å²) in [5, 5.41) is 11.5. The van der Waals surface area contributed by atoms with Crippen LogP contribution in [0.5, 0.6) is 5.75 Å². The summed E-state index contributed by atoms with van der Waals surface area (Å²) in [6, 6.07) is 9.49. The van der Waals surface area contributed by atoms with E-state index in [1.807, 2.05) is 30.3 Å². The van der Waals surface area contributed by atoms with Crippen molar-refractivity contribution in [1.82, 2.24) is 0 Å². The smallest absolute Gasteiger partial charge is 0.137 e. The number of hydrogen-bond acceptors (Lipinski definition) is 3. The molecule has 0 unspecified atom stereocenters. The van der Waals surface area contributed by atoms with Crippen LogP contribution in [0.4, 0.5) is 0 Å². The van der Waals surface area contributed by atoms with Gasteiger partial charge in [0.2, 0.25) is 0 Å². The van der Waals surface area contributed by atoms with Gasteiger partial charge in [0.25, 0.3) is 0 Å². The highest BCUT2D eigenvalue weighted by Gasteiger charge is 2.06. The number of hydrogen-bond donors (Lipinski definition) is 3. The minimum Gasteiger partial charge on any atom is -0.506 e. The fraction of sp³-hybridized carbons (Fsp3) is 0. The Morgan fingerprint density at radius 1 is 1.08 bits per heavy atom. The molecular weight excluding hydrogens is 200 g/mol. The third-order valence-electron chi connectivity index (χ3n) is 1.98. The molecule has 1 N–H and O–H groups in total. The Morgan fingerprint density at radius 2 is 1.77 bits per heavy atom. The second-order valence-electron chi connectivity index (χ2n) is 2.81. The maximum Gasteiger partial charge on any atom is 0.137 e. The molecule has 1 nitrogen and oxygen atoms in total. The van der Waals surface area contributed by atoms with Crippen molar-refractivity contribution in [2.24, 2.45) is 0 Å². The Labute approximate surface area is 87.2 Å². The van der Waals surface area contributed by atoms with Crippen LogP contribution in [0, 0.1) is 0 Å². The van der Waals surface area contributed by atoms with Crippen molar-refractivity contribution in [2.75, 3.05) is 0 Å². The topological polar surface area (TPSA) is 20.2 Å². The molecule has 0 fully saturated rings. The lowest BCUT2D eigenvalue weighted by atomic mass is 10.1. The van der Waals surface area contributed by atoms with E-state index in [9.17, 15) is 5.11 Å². The molecule has 0 aliphatic carbocycles. The number of benzene rings is 2. The van der Waals surface area contributed by atoms with Crippen LogP contribution in [0.15, 0.2) is 40.1 Å². The first-order valence-corrected chi connectivity index (χ1v) is 4.72. The second kappa shape index (κ2) is 3.16. The minimum atomic E-state index is 0.200. The number of rotatable bonds is 0. The fourth-order valence-electron chi connectivity index (χ4n) is 1.30. The maximum absolute atomic E-state index is 9.71. The van der Waals surface area contributed by atoms with Gasteiger partial charge in [-0.3, -0.25) is 0 Å². The zero-order chi connectivity index (χ0) is 9.42. The molecule has 0 aliphatic heterocycles. The molecule has 0 aromatic heterocycles. The number of phenolic OH excluding ortho intramolecular Hbond substituents is 1. The summed E-state index contributed by atoms with van der Waals surface area (Å²) >= 11 is 8.37. The van der Waals surface area contributed by atoms with E-state index in [1.54, 1.807) is 0 Å². The first-order valence-electron chi connectivity index (χ1n) is 3.83. The van der Waals surface area contributed by atoms with Crippen molar-refractivity contribution in [2.45, 2.75) is 9.79 Å². The summed E-state index contributed by atoms with van der Waals surface area (Å²) in [7, 11) is 0. The van der Waals surface area contributed by atoms with Crippen molar-refractivity contribution < 1.29 is 5.11 Å². The van der Waals surface area contributed by atoms with Gasteiger partial charge in [0.05, 0.1) is 4.90 Å². The zero-order valence-corrected chi connectivity index (χ0v) is 8.52. The van der Waals surface area contributed by atoms with E-state index < -0.39 is 0 Å². The molecule has 66 valence electrons. The van der Waals surface area contributed by atoms with Crippen molar-refractivity contribution in [3.8, 4) is 5.75 Å². The largest absolute Gasteiger partial charge is 0.506 e. The number of fused-ring (bicyclic) bond motifs is 1. The van der Waals surface area contributed by atoms with Gasteiger partial charge in [0.1, 0.15) is 5.75 Å². The van der Waals surface area contributed by atoms with Gasteiger partial charge in [0, 0.05) is 10.3 Å². The molecule has 0 radical (unpaired) electrons. The highest BCUT2D eigenvalue weighted by Crippen LogP contribution is 2.35. The molecule has 2 aromatic rings. The van der Waals surface area contributed by atoms with E-state index in [-0.39, 0.29) is 5.75 Å². The quantitative estimate of drug-likeness (QED) is 0.568. The Morgan fingerprint density at radius 3 is 2.54 bits per heavy atom. The summed E-state index contributed by atoms with van der Waals surface area (Å²) in [6.07, 6.45) is 0. The second-order valence-corrected chi connectivity index (χ2v) is 3.74. The van der Waals surface area contributed by atoms with Crippen LogP contribution in [0.3, 0.4) is 0 Å². The molecule has 2 aromatic carbocycles. The molecule has 3 heteroatoms. The van der Waals surface area contributed by atoms with Gasteiger partial charge in [0.15, 0.2) is 0 Å². The van der Waals surface area contributed by atoms with Crippen molar-refractivity contribution in [3.63, 3.8) is 0 Å². The van der Waals surface area contributed by atoms with Crippen molar-refractivity contribution in [1.29, 1.82) is 0 Å². The summed E-state index contributed by atoms with van der Waals surface area (Å²) in [4.78, 5) is 1.22. The third kappa shape index (κ3) is 1.38. The van der Waals surface area contributed by atoms with Crippen LogP contribution in [0.25, 0.3) is 10.8 Å². The monoisotopic (exact) mass is 208 g/mol. The average Bonchev–Trinajstić information content (AvgIpc) is 2.15. The predicted molar refractivity (Wildman–Crippen MR) is 60.1 cm³/mol. The summed E-state index contributed by atoms with van der Waals surface area (Å²) in [6.45, 7) is 0. The van der Waals surface area contributed by atoms with E-state index in [4.69, 9.17) is 0 Å². The minimum absolute atomic E-state index is 0.200. The third-order valence-corrected chi connectivity index (χ3v) is 2.96. The molecule has 0 atom stereocenters. The molecular formula is C10H8OS2.